The van der Waals surface area contributed by atoms with Crippen molar-refractivity contribution in [1.29, 1.82) is 0 Å². The lowest BCUT2D eigenvalue weighted by Gasteiger charge is -2.42. The van der Waals surface area contributed by atoms with Crippen LogP contribution < -0.4 is 20.4 Å². The molecule has 2 heterocycles. The second kappa shape index (κ2) is 8.51. The lowest BCUT2D eigenvalue weighted by Crippen LogP contribution is -2.64. The monoisotopic (exact) mass is 460 g/mol. The van der Waals surface area contributed by atoms with E-state index in [1.807, 2.05) is 4.90 Å². The number of benzene rings is 1. The number of carbonyl (C=O) groups excluding carboxylic acids is 2. The zero-order valence-corrected chi connectivity index (χ0v) is 18.9. The van der Waals surface area contributed by atoms with Crippen LogP contribution in [-0.2, 0) is 9.59 Å². The number of carboxylic acid groups (broad SMARTS) is 1. The van der Waals surface area contributed by atoms with E-state index in [1.54, 1.807) is 33.2 Å². The first-order valence-corrected chi connectivity index (χ1v) is 10.9. The normalized spacial score (nSPS) is 23.2. The smallest absolute Gasteiger partial charge is 0.526 e. The molecule has 2 fully saturated rings. The molecule has 12 heteroatoms. The van der Waals surface area contributed by atoms with Crippen molar-refractivity contribution in [3.8, 4) is 11.5 Å². The minimum Gasteiger partial charge on any atom is -0.535 e. The Hall–Kier alpha value is -2.83. The Morgan fingerprint density at radius 2 is 2.06 bits per heavy atom. The average Bonchev–Trinajstić information content (AvgIpc) is 3.51. The molecule has 1 saturated carbocycles. The summed E-state index contributed by atoms with van der Waals surface area (Å²) in [6, 6.07) is 3.45. The first kappa shape index (κ1) is 23.3. The summed E-state index contributed by atoms with van der Waals surface area (Å²) in [6.07, 6.45) is 0.497. The third-order valence-corrected chi connectivity index (χ3v) is 6.39. The van der Waals surface area contributed by atoms with E-state index >= 15 is 0 Å². The highest BCUT2D eigenvalue weighted by Crippen LogP contribution is 2.60. The molecule has 0 spiro atoms. The summed E-state index contributed by atoms with van der Waals surface area (Å²) in [7, 11) is 2.20. The number of hydrogen-bond donors (Lipinski definition) is 4. The fourth-order valence-electron chi connectivity index (χ4n) is 4.35. The Labute approximate surface area is 191 Å². The number of hydrogen-bond acceptors (Lipinski definition) is 8. The highest BCUT2D eigenvalue weighted by atomic mass is 16.5. The number of likely N-dealkylation sites (tertiary alicyclic amines) is 1. The molecule has 33 heavy (non-hydrogen) atoms. The molecule has 3 atom stereocenters. The number of aromatic carboxylic acids is 1. The van der Waals surface area contributed by atoms with Gasteiger partial charge in [-0.2, -0.15) is 0 Å². The van der Waals surface area contributed by atoms with Gasteiger partial charge in [0.2, 0.25) is 11.8 Å². The quantitative estimate of drug-likeness (QED) is 0.361. The van der Waals surface area contributed by atoms with Crippen LogP contribution in [0.5, 0.6) is 11.5 Å². The first-order valence-electron chi connectivity index (χ1n) is 10.9. The number of amides is 2. The van der Waals surface area contributed by atoms with Crippen molar-refractivity contribution >= 4 is 24.9 Å². The molecule has 1 aromatic carbocycles. The molecule has 0 bridgehead atoms. The molecule has 2 amide bonds. The Balaban J connectivity index is 1.34. The summed E-state index contributed by atoms with van der Waals surface area (Å²) in [5.74, 6) is -1.33. The summed E-state index contributed by atoms with van der Waals surface area (Å²) < 4.78 is 11.4. The molecule has 4 rings (SSSR count). The highest BCUT2D eigenvalue weighted by molar-refractivity contribution is 6.48. The van der Waals surface area contributed by atoms with Crippen LogP contribution >= 0.6 is 0 Å². The maximum absolute atomic E-state index is 12.4. The van der Waals surface area contributed by atoms with Gasteiger partial charge in [-0.05, 0) is 30.9 Å². The molecule has 2 aliphatic heterocycles. The number of rotatable bonds is 8. The number of ether oxygens (including phenoxy) is 1. The van der Waals surface area contributed by atoms with Gasteiger partial charge < -0.3 is 35.5 Å². The number of fused-ring (bicyclic) bond motifs is 3. The number of carboxylic acids is 1. The van der Waals surface area contributed by atoms with Crippen LogP contribution in [0.2, 0.25) is 5.82 Å². The lowest BCUT2D eigenvalue weighted by atomic mass is 9.77. The topological polar surface area (TPSA) is 155 Å². The van der Waals surface area contributed by atoms with Crippen molar-refractivity contribution in [3.63, 3.8) is 0 Å². The van der Waals surface area contributed by atoms with Crippen LogP contribution in [-0.4, -0.2) is 96.7 Å². The van der Waals surface area contributed by atoms with Crippen LogP contribution in [0.25, 0.3) is 0 Å². The van der Waals surface area contributed by atoms with Gasteiger partial charge in [-0.15, -0.1) is 0 Å². The van der Waals surface area contributed by atoms with E-state index in [9.17, 15) is 24.5 Å². The van der Waals surface area contributed by atoms with Crippen LogP contribution in [0.3, 0.4) is 0 Å². The van der Waals surface area contributed by atoms with Gasteiger partial charge in [0.1, 0.15) is 28.7 Å². The number of nitrogens with two attached hydrogens (primary N) is 1. The van der Waals surface area contributed by atoms with Crippen molar-refractivity contribution in [2.75, 3.05) is 40.3 Å². The molecule has 1 aromatic rings. The maximum Gasteiger partial charge on any atom is 0.526 e. The van der Waals surface area contributed by atoms with Crippen LogP contribution in [0.1, 0.15) is 35.2 Å². The summed E-state index contributed by atoms with van der Waals surface area (Å²) in [5.41, 5.74) is 5.67. The van der Waals surface area contributed by atoms with Gasteiger partial charge in [0.05, 0.1) is 6.54 Å². The Kier molecular flexibility index (Phi) is 6.02. The number of nitrogens with one attached hydrogen (secondary N) is 1. The third kappa shape index (κ3) is 4.64. The second-order valence-electron chi connectivity index (χ2n) is 9.50. The van der Waals surface area contributed by atoms with Crippen molar-refractivity contribution in [2.45, 2.75) is 36.7 Å². The Morgan fingerprint density at radius 3 is 2.70 bits per heavy atom. The van der Waals surface area contributed by atoms with Gasteiger partial charge in [0.25, 0.3) is 0 Å². The summed E-state index contributed by atoms with van der Waals surface area (Å²) in [6.45, 7) is 2.64. The Morgan fingerprint density at radius 1 is 1.36 bits per heavy atom. The van der Waals surface area contributed by atoms with Gasteiger partial charge >= 0.3 is 13.1 Å². The van der Waals surface area contributed by atoms with Gasteiger partial charge in [0.15, 0.2) is 0 Å². The van der Waals surface area contributed by atoms with Crippen molar-refractivity contribution in [2.24, 2.45) is 5.73 Å². The van der Waals surface area contributed by atoms with E-state index < -0.39 is 24.5 Å². The van der Waals surface area contributed by atoms with Gasteiger partial charge in [-0.3, -0.25) is 14.5 Å². The molecule has 1 aliphatic carbocycles. The predicted octanol–water partition coefficient (Wildman–Crippen LogP) is -0.900. The SMILES string of the molecule is CN(C)C(=O)CNC(=O)C(C)(N)CN1CC(Oc2ccc3c(c2C(=O)O)OB(O)[C@@H]2C[C@H]32)C1. The predicted molar refractivity (Wildman–Crippen MR) is 118 cm³/mol. The zero-order chi connectivity index (χ0) is 24.1. The zero-order valence-electron chi connectivity index (χ0n) is 18.9. The molecule has 178 valence electrons. The van der Waals surface area contributed by atoms with Crippen LogP contribution in [0.4, 0.5) is 0 Å². The van der Waals surface area contributed by atoms with Gasteiger partial charge in [0, 0.05) is 39.5 Å². The van der Waals surface area contributed by atoms with Crippen LogP contribution in [0, 0.1) is 0 Å². The molecule has 0 radical (unpaired) electrons. The summed E-state index contributed by atoms with van der Waals surface area (Å²) in [5, 5.41) is 22.4. The summed E-state index contributed by atoms with van der Waals surface area (Å²) in [4.78, 5) is 39.3. The molecule has 3 aliphatic rings. The van der Waals surface area contributed by atoms with E-state index in [0.29, 0.717) is 13.1 Å². The van der Waals surface area contributed by atoms with Crippen molar-refractivity contribution in [3.05, 3.63) is 23.3 Å². The average molecular weight is 460 g/mol. The van der Waals surface area contributed by atoms with E-state index in [4.69, 9.17) is 15.1 Å². The Bertz CT molecular complexity index is 980. The highest BCUT2D eigenvalue weighted by Gasteiger charge is 2.54. The molecule has 5 N–H and O–H groups in total. The second-order valence-corrected chi connectivity index (χ2v) is 9.50. The largest absolute Gasteiger partial charge is 0.535 e. The number of nitrogens with zero attached hydrogens (tertiary/aromatic N) is 2. The van der Waals surface area contributed by atoms with Gasteiger partial charge in [-0.25, -0.2) is 4.79 Å². The molecule has 1 unspecified atom stereocenters. The minimum absolute atomic E-state index is 0.0230. The number of carbonyl (C=O) groups is 3. The van der Waals surface area contributed by atoms with Crippen LogP contribution in [0.15, 0.2) is 12.1 Å². The van der Waals surface area contributed by atoms with Crippen molar-refractivity contribution in [1.82, 2.24) is 15.1 Å². The molecule has 11 nitrogen and oxygen atoms in total. The summed E-state index contributed by atoms with van der Waals surface area (Å²) >= 11 is 0. The third-order valence-electron chi connectivity index (χ3n) is 6.39. The standard InChI is InChI=1S/C21H29BN4O7/c1-21(23,20(30)24-7-16(27)25(2)3)10-26-8-11(9-26)32-15-5-4-12-13-6-14(13)22(31)33-18(12)17(15)19(28)29/h4-5,11,13-14,31H,6-10,23H2,1-3H3,(H,24,30)(H,28,29)/t13-,14-,21?/m1/s1. The first-order chi connectivity index (χ1) is 15.5. The molecular formula is C21H29BN4O7. The number of likely N-dealkylation sites (N-methyl/N-ethyl adjacent to an activating group) is 1. The van der Waals surface area contributed by atoms with Crippen molar-refractivity contribution < 1.29 is 33.9 Å². The molecule has 0 aromatic heterocycles. The maximum atomic E-state index is 12.4. The fourth-order valence-corrected chi connectivity index (χ4v) is 4.35. The minimum atomic E-state index is -1.21. The van der Waals surface area contributed by atoms with E-state index in [0.717, 1.165) is 12.0 Å². The lowest BCUT2D eigenvalue weighted by molar-refractivity contribution is -0.133. The molecular weight excluding hydrogens is 431 g/mol. The molecule has 1 saturated heterocycles. The van der Waals surface area contributed by atoms with E-state index in [-0.39, 0.29) is 53.9 Å². The van der Waals surface area contributed by atoms with E-state index in [2.05, 4.69) is 5.32 Å². The van der Waals surface area contributed by atoms with E-state index in [1.165, 1.54) is 4.90 Å². The van der Waals surface area contributed by atoms with Gasteiger partial charge in [-0.1, -0.05) is 6.07 Å². The fraction of sp³-hybridized carbons (Fsp3) is 0.571.